The molecule has 0 heterocycles. The maximum absolute atomic E-state index is 5.92. The number of likely N-dealkylation sites (N-methyl/N-ethyl adjacent to an activating group) is 1. The van der Waals surface area contributed by atoms with E-state index in [2.05, 4.69) is 52.9 Å². The highest BCUT2D eigenvalue weighted by molar-refractivity contribution is 9.10. The molecule has 0 radical (unpaired) electrons. The lowest BCUT2D eigenvalue weighted by molar-refractivity contribution is 0.182. The van der Waals surface area contributed by atoms with Crippen molar-refractivity contribution in [2.45, 2.75) is 32.9 Å². The van der Waals surface area contributed by atoms with Gasteiger partial charge in [0, 0.05) is 35.9 Å². The molecule has 0 aliphatic heterocycles. The molecule has 0 saturated carbocycles. The first-order valence-electron chi connectivity index (χ1n) is 6.31. The van der Waals surface area contributed by atoms with Gasteiger partial charge in [0.1, 0.15) is 0 Å². The Hall–Kier alpha value is -0.580. The van der Waals surface area contributed by atoms with Crippen molar-refractivity contribution in [2.75, 3.05) is 25.2 Å². The van der Waals surface area contributed by atoms with Gasteiger partial charge in [0.15, 0.2) is 0 Å². The van der Waals surface area contributed by atoms with Crippen molar-refractivity contribution in [1.82, 2.24) is 0 Å². The molecule has 0 aliphatic rings. The van der Waals surface area contributed by atoms with Crippen LogP contribution in [0.25, 0.3) is 0 Å². The summed E-state index contributed by atoms with van der Waals surface area (Å²) in [6.45, 7) is 7.99. The van der Waals surface area contributed by atoms with Gasteiger partial charge in [0.05, 0.1) is 6.61 Å². The van der Waals surface area contributed by atoms with E-state index in [4.69, 9.17) is 10.5 Å². The van der Waals surface area contributed by atoms with Crippen LogP contribution in [-0.2, 0) is 4.74 Å². The first kappa shape index (κ1) is 15.5. The third-order valence-electron chi connectivity index (χ3n) is 3.09. The van der Waals surface area contributed by atoms with Gasteiger partial charge in [0.25, 0.3) is 0 Å². The Morgan fingerprint density at radius 3 is 2.50 bits per heavy atom. The molecule has 1 aromatic carbocycles. The number of ether oxygens (including phenoxy) is 1. The number of hydrogen-bond donors (Lipinski definition) is 1. The lowest BCUT2D eigenvalue weighted by Gasteiger charge is -2.30. The quantitative estimate of drug-likeness (QED) is 0.875. The van der Waals surface area contributed by atoms with Crippen molar-refractivity contribution in [3.05, 3.63) is 28.2 Å². The van der Waals surface area contributed by atoms with Gasteiger partial charge in [-0.15, -0.1) is 0 Å². The fraction of sp³-hybridized carbons (Fsp3) is 0.571. The van der Waals surface area contributed by atoms with Crippen molar-refractivity contribution in [1.29, 1.82) is 0 Å². The molecule has 0 spiro atoms. The van der Waals surface area contributed by atoms with Gasteiger partial charge in [-0.05, 0) is 38.5 Å². The summed E-state index contributed by atoms with van der Waals surface area (Å²) in [4.78, 5) is 2.32. The highest BCUT2D eigenvalue weighted by Gasteiger charge is 2.14. The van der Waals surface area contributed by atoms with E-state index in [9.17, 15) is 0 Å². The minimum atomic E-state index is 0.0416. The van der Waals surface area contributed by atoms with E-state index >= 15 is 0 Å². The topological polar surface area (TPSA) is 38.5 Å². The zero-order valence-corrected chi connectivity index (χ0v) is 13.2. The van der Waals surface area contributed by atoms with Crippen molar-refractivity contribution >= 4 is 21.6 Å². The molecule has 2 N–H and O–H groups in total. The summed E-state index contributed by atoms with van der Waals surface area (Å²) in [5.41, 5.74) is 8.24. The number of rotatable bonds is 6. The summed E-state index contributed by atoms with van der Waals surface area (Å²) < 4.78 is 6.29. The highest BCUT2D eigenvalue weighted by atomic mass is 79.9. The van der Waals surface area contributed by atoms with Gasteiger partial charge in [-0.25, -0.2) is 0 Å². The van der Waals surface area contributed by atoms with Crippen LogP contribution in [0.5, 0.6) is 0 Å². The van der Waals surface area contributed by atoms with Crippen molar-refractivity contribution < 1.29 is 4.74 Å². The van der Waals surface area contributed by atoms with Crippen LogP contribution in [-0.4, -0.2) is 26.3 Å². The number of hydrogen-bond acceptors (Lipinski definition) is 3. The minimum absolute atomic E-state index is 0.0416. The van der Waals surface area contributed by atoms with Gasteiger partial charge < -0.3 is 15.4 Å². The van der Waals surface area contributed by atoms with Gasteiger partial charge in [0.2, 0.25) is 0 Å². The van der Waals surface area contributed by atoms with E-state index in [1.54, 1.807) is 7.11 Å². The number of anilines is 1. The summed E-state index contributed by atoms with van der Waals surface area (Å²) in [7, 11) is 1.74. The third kappa shape index (κ3) is 3.70. The van der Waals surface area contributed by atoms with Crippen LogP contribution in [0.3, 0.4) is 0 Å². The van der Waals surface area contributed by atoms with E-state index in [0.29, 0.717) is 6.04 Å². The molecule has 0 saturated heterocycles. The van der Waals surface area contributed by atoms with Crippen molar-refractivity contribution in [3.63, 3.8) is 0 Å². The Kier molecular flexibility index (Phi) is 6.12. The van der Waals surface area contributed by atoms with Gasteiger partial charge in [-0.2, -0.15) is 0 Å². The third-order valence-corrected chi connectivity index (χ3v) is 3.77. The second-order valence-electron chi connectivity index (χ2n) is 4.58. The Balaban J connectivity index is 2.97. The van der Waals surface area contributed by atoms with Crippen LogP contribution in [0.2, 0.25) is 0 Å². The van der Waals surface area contributed by atoms with Gasteiger partial charge >= 0.3 is 0 Å². The summed E-state index contributed by atoms with van der Waals surface area (Å²) in [5.74, 6) is 0. The number of nitrogens with zero attached hydrogens (tertiary/aromatic N) is 1. The normalized spacial score (nSPS) is 14.3. The molecule has 102 valence electrons. The number of benzene rings is 1. The number of halogens is 1. The summed E-state index contributed by atoms with van der Waals surface area (Å²) in [5, 5.41) is 0. The molecule has 1 rings (SSSR count). The molecule has 3 nitrogen and oxygen atoms in total. The maximum atomic E-state index is 5.92. The number of nitrogens with two attached hydrogens (primary N) is 1. The molecule has 0 aromatic heterocycles. The van der Waals surface area contributed by atoms with Crippen LogP contribution in [0.15, 0.2) is 22.7 Å². The molecular weight excluding hydrogens is 292 g/mol. The zero-order valence-electron chi connectivity index (χ0n) is 11.6. The molecule has 4 heteroatoms. The molecule has 2 atom stereocenters. The van der Waals surface area contributed by atoms with E-state index in [-0.39, 0.29) is 6.04 Å². The Labute approximate surface area is 118 Å². The van der Waals surface area contributed by atoms with E-state index in [1.165, 1.54) is 5.69 Å². The average Bonchev–Trinajstić information content (AvgIpc) is 2.29. The Morgan fingerprint density at radius 2 is 2.06 bits per heavy atom. The first-order chi connectivity index (χ1) is 8.51. The number of methoxy groups -OCH3 is 1. The smallest absolute Gasteiger partial charge is 0.0663 e. The van der Waals surface area contributed by atoms with Crippen LogP contribution in [0.4, 0.5) is 5.69 Å². The molecule has 0 bridgehead atoms. The van der Waals surface area contributed by atoms with E-state index in [1.807, 2.05) is 6.92 Å². The molecule has 0 amide bonds. The second kappa shape index (κ2) is 7.12. The fourth-order valence-electron chi connectivity index (χ4n) is 2.14. The summed E-state index contributed by atoms with van der Waals surface area (Å²) in [6, 6.07) is 6.74. The lowest BCUT2D eigenvalue weighted by atomic mass is 10.1. The van der Waals surface area contributed by atoms with Crippen molar-refractivity contribution in [2.24, 2.45) is 5.73 Å². The molecule has 18 heavy (non-hydrogen) atoms. The highest BCUT2D eigenvalue weighted by Crippen LogP contribution is 2.28. The predicted molar refractivity (Wildman–Crippen MR) is 81.1 cm³/mol. The van der Waals surface area contributed by atoms with Crippen LogP contribution in [0, 0.1) is 0 Å². The fourth-order valence-corrected chi connectivity index (χ4v) is 2.87. The summed E-state index contributed by atoms with van der Waals surface area (Å²) >= 11 is 3.60. The minimum Gasteiger partial charge on any atom is -0.383 e. The molecular formula is C14H23BrN2O. The van der Waals surface area contributed by atoms with Crippen LogP contribution in [0.1, 0.15) is 32.4 Å². The molecule has 1 unspecified atom stereocenters. The SMILES string of the molecule is CCN(c1ccc([C@H](C)N)c(Br)c1)C(C)COC. The van der Waals surface area contributed by atoms with Crippen molar-refractivity contribution in [3.8, 4) is 0 Å². The van der Waals surface area contributed by atoms with Crippen LogP contribution >= 0.6 is 15.9 Å². The standard InChI is InChI=1S/C14H23BrN2O/c1-5-17(10(2)9-18-4)12-6-7-13(11(3)16)14(15)8-12/h6-8,10-11H,5,9,16H2,1-4H3/t10?,11-/m0/s1. The monoisotopic (exact) mass is 314 g/mol. The average molecular weight is 315 g/mol. The maximum Gasteiger partial charge on any atom is 0.0663 e. The summed E-state index contributed by atoms with van der Waals surface area (Å²) in [6.07, 6.45) is 0. The molecule has 1 aromatic rings. The molecule has 0 fully saturated rings. The Bertz CT molecular complexity index is 382. The Morgan fingerprint density at radius 1 is 1.39 bits per heavy atom. The zero-order chi connectivity index (χ0) is 13.7. The second-order valence-corrected chi connectivity index (χ2v) is 5.44. The van der Waals surface area contributed by atoms with E-state index in [0.717, 1.165) is 23.2 Å². The first-order valence-corrected chi connectivity index (χ1v) is 7.11. The van der Waals surface area contributed by atoms with Gasteiger partial charge in [-0.3, -0.25) is 0 Å². The lowest BCUT2D eigenvalue weighted by Crippen LogP contribution is -2.36. The largest absolute Gasteiger partial charge is 0.383 e. The van der Waals surface area contributed by atoms with E-state index < -0.39 is 0 Å². The molecule has 0 aliphatic carbocycles. The van der Waals surface area contributed by atoms with Crippen LogP contribution < -0.4 is 10.6 Å². The predicted octanol–water partition coefficient (Wildman–Crippen LogP) is 3.33. The van der Waals surface area contributed by atoms with Gasteiger partial charge in [-0.1, -0.05) is 22.0 Å².